The monoisotopic (exact) mass is 672 g/mol. The predicted octanol–water partition coefficient (Wildman–Crippen LogP) is 13.5. The molecule has 6 aromatic rings. The lowest BCUT2D eigenvalue weighted by molar-refractivity contribution is 0.608. The summed E-state index contributed by atoms with van der Waals surface area (Å²) >= 11 is 0. The Morgan fingerprint density at radius 1 is 0.635 bits per heavy atom. The average Bonchev–Trinajstić information content (AvgIpc) is 3.60. The van der Waals surface area contributed by atoms with Gasteiger partial charge in [-0.3, -0.25) is 0 Å². The molecule has 0 amide bonds. The zero-order valence-electron chi connectivity index (χ0n) is 30.5. The van der Waals surface area contributed by atoms with Gasteiger partial charge in [0.2, 0.25) is 0 Å². The number of nitrogens with zero attached hydrogens (tertiary/aromatic N) is 2. The second kappa shape index (κ2) is 11.5. The van der Waals surface area contributed by atoms with Gasteiger partial charge >= 0.3 is 0 Å². The fourth-order valence-corrected chi connectivity index (χ4v) is 9.61. The average molecular weight is 673 g/mol. The topological polar surface area (TPSA) is 8.17 Å². The van der Waals surface area contributed by atoms with Crippen LogP contribution < -0.4 is 4.90 Å². The van der Waals surface area contributed by atoms with Gasteiger partial charge in [0.25, 0.3) is 0 Å². The lowest BCUT2D eigenvalue weighted by Gasteiger charge is -2.38. The summed E-state index contributed by atoms with van der Waals surface area (Å²) in [6.07, 6.45) is 19.8. The molecular formula is C50H44N2. The summed E-state index contributed by atoms with van der Waals surface area (Å²) in [5.41, 5.74) is 17.1. The van der Waals surface area contributed by atoms with Crippen LogP contribution >= 0.6 is 0 Å². The van der Waals surface area contributed by atoms with Crippen molar-refractivity contribution in [3.8, 4) is 5.69 Å². The molecule has 0 N–H and O–H groups in total. The highest BCUT2D eigenvalue weighted by Gasteiger charge is 2.38. The molecular weight excluding hydrogens is 629 g/mol. The van der Waals surface area contributed by atoms with Gasteiger partial charge in [0.1, 0.15) is 0 Å². The van der Waals surface area contributed by atoms with Crippen LogP contribution in [0.3, 0.4) is 0 Å². The smallest absolute Gasteiger partial charge is 0.0542 e. The highest BCUT2D eigenvalue weighted by molar-refractivity contribution is 6.10. The van der Waals surface area contributed by atoms with Crippen molar-refractivity contribution in [1.29, 1.82) is 0 Å². The van der Waals surface area contributed by atoms with Gasteiger partial charge in [-0.15, -0.1) is 0 Å². The van der Waals surface area contributed by atoms with Crippen LogP contribution in [-0.4, -0.2) is 4.57 Å². The number of anilines is 3. The van der Waals surface area contributed by atoms with Gasteiger partial charge in [-0.1, -0.05) is 119 Å². The van der Waals surface area contributed by atoms with Crippen molar-refractivity contribution in [2.75, 3.05) is 4.90 Å². The van der Waals surface area contributed by atoms with E-state index in [1.54, 1.807) is 0 Å². The molecule has 0 spiro atoms. The first kappa shape index (κ1) is 31.2. The highest BCUT2D eigenvalue weighted by Crippen LogP contribution is 2.53. The van der Waals surface area contributed by atoms with E-state index < -0.39 is 0 Å². The third-order valence-corrected chi connectivity index (χ3v) is 12.4. The van der Waals surface area contributed by atoms with Gasteiger partial charge in [0.15, 0.2) is 0 Å². The van der Waals surface area contributed by atoms with Gasteiger partial charge in [0, 0.05) is 50.3 Å². The number of para-hydroxylation sites is 2. The minimum atomic E-state index is -0.114. The second-order valence-electron chi connectivity index (χ2n) is 16.0. The van der Waals surface area contributed by atoms with E-state index in [0.29, 0.717) is 0 Å². The summed E-state index contributed by atoms with van der Waals surface area (Å²) in [6.45, 7) is 9.60. The Morgan fingerprint density at radius 3 is 2.23 bits per heavy atom. The lowest BCUT2D eigenvalue weighted by atomic mass is 9.67. The molecule has 4 aliphatic rings. The zero-order valence-corrected chi connectivity index (χ0v) is 30.5. The molecule has 1 heterocycles. The van der Waals surface area contributed by atoms with Crippen LogP contribution in [0.2, 0.25) is 0 Å². The summed E-state index contributed by atoms with van der Waals surface area (Å²) in [6, 6.07) is 41.2. The SMILES string of the molecule is CC1(C)C2=C(CCC=C2)c2ccc(N(c3ccc4c(c3)C(C)(C)C3=CC4/C=C\C/C=C\3)c3ccc4c(c3)c3ccccc3n4-c3ccccc3)cc21. The molecule has 254 valence electrons. The molecule has 1 atom stereocenters. The number of hydrogen-bond donors (Lipinski definition) is 0. The number of allylic oxidation sites excluding steroid dienone is 10. The first-order valence-electron chi connectivity index (χ1n) is 18.9. The van der Waals surface area contributed by atoms with Gasteiger partial charge < -0.3 is 9.47 Å². The summed E-state index contributed by atoms with van der Waals surface area (Å²) in [4.78, 5) is 2.51. The molecule has 4 aliphatic carbocycles. The van der Waals surface area contributed by atoms with E-state index in [1.165, 1.54) is 83.5 Å². The molecule has 0 aliphatic heterocycles. The van der Waals surface area contributed by atoms with Crippen molar-refractivity contribution >= 4 is 44.4 Å². The normalized spacial score (nSPS) is 20.5. The molecule has 0 fully saturated rings. The van der Waals surface area contributed by atoms with E-state index in [4.69, 9.17) is 0 Å². The highest BCUT2D eigenvalue weighted by atomic mass is 15.1. The Balaban J connectivity index is 1.20. The molecule has 1 aromatic heterocycles. The Hall–Kier alpha value is -5.60. The van der Waals surface area contributed by atoms with Crippen LogP contribution in [0.5, 0.6) is 0 Å². The number of hydrogen-bond acceptors (Lipinski definition) is 1. The maximum atomic E-state index is 2.51. The molecule has 2 heteroatoms. The van der Waals surface area contributed by atoms with Crippen LogP contribution in [0.15, 0.2) is 163 Å². The van der Waals surface area contributed by atoms with Crippen molar-refractivity contribution < 1.29 is 0 Å². The standard InChI is InChI=1S/C50H44N2/c1-49(2)34-16-8-5-7-15-33(29-34)39-26-23-37(31-45(39)49)51(38-24-27-41-40-19-11-13-21-44(40)50(3,4)46(41)32-38)36-25-28-48-43(30-36)42-20-12-14-22-47(42)52(48)35-17-9-6-10-18-35/h6-10,12-18,20-33H,5,11,19H2,1-4H3/b15-7-,16-8-. The first-order valence-corrected chi connectivity index (χ1v) is 18.9. The van der Waals surface area contributed by atoms with Crippen LogP contribution in [0.4, 0.5) is 17.1 Å². The van der Waals surface area contributed by atoms with Crippen molar-refractivity contribution in [3.63, 3.8) is 0 Å². The number of fused-ring (bicyclic) bond motifs is 8. The minimum absolute atomic E-state index is 0.0481. The molecule has 0 saturated carbocycles. The lowest BCUT2D eigenvalue weighted by Crippen LogP contribution is -2.27. The number of aromatic nitrogens is 1. The number of rotatable bonds is 4. The van der Waals surface area contributed by atoms with E-state index in [0.717, 1.165) is 19.3 Å². The molecule has 10 rings (SSSR count). The fourth-order valence-electron chi connectivity index (χ4n) is 9.61. The Kier molecular flexibility index (Phi) is 6.86. The third kappa shape index (κ3) is 4.56. The molecule has 2 nitrogen and oxygen atoms in total. The number of benzene rings is 5. The van der Waals surface area contributed by atoms with E-state index in [-0.39, 0.29) is 16.7 Å². The third-order valence-electron chi connectivity index (χ3n) is 12.4. The van der Waals surface area contributed by atoms with E-state index in [1.807, 2.05) is 0 Å². The summed E-state index contributed by atoms with van der Waals surface area (Å²) in [5.74, 6) is 0.289. The Bertz CT molecular complexity index is 2600. The van der Waals surface area contributed by atoms with E-state index >= 15 is 0 Å². The van der Waals surface area contributed by atoms with Gasteiger partial charge in [-0.2, -0.15) is 0 Å². The first-order chi connectivity index (χ1) is 25.3. The molecule has 5 aromatic carbocycles. The van der Waals surface area contributed by atoms with Crippen molar-refractivity contribution in [2.24, 2.45) is 0 Å². The summed E-state index contributed by atoms with van der Waals surface area (Å²) in [7, 11) is 0. The van der Waals surface area contributed by atoms with Crippen molar-refractivity contribution in [1.82, 2.24) is 4.57 Å². The van der Waals surface area contributed by atoms with E-state index in [9.17, 15) is 0 Å². The minimum Gasteiger partial charge on any atom is -0.310 e. The van der Waals surface area contributed by atoms with Gasteiger partial charge in [-0.05, 0) is 119 Å². The zero-order chi connectivity index (χ0) is 35.2. The van der Waals surface area contributed by atoms with Crippen molar-refractivity contribution in [2.45, 2.75) is 63.7 Å². The largest absolute Gasteiger partial charge is 0.310 e. The molecule has 0 radical (unpaired) electrons. The molecule has 2 bridgehead atoms. The van der Waals surface area contributed by atoms with Crippen LogP contribution in [0.25, 0.3) is 33.1 Å². The molecule has 1 unspecified atom stereocenters. The maximum Gasteiger partial charge on any atom is 0.0542 e. The Morgan fingerprint density at radius 2 is 1.37 bits per heavy atom. The van der Waals surface area contributed by atoms with E-state index in [2.05, 4.69) is 189 Å². The maximum absolute atomic E-state index is 2.51. The van der Waals surface area contributed by atoms with Crippen molar-refractivity contribution in [3.05, 3.63) is 185 Å². The van der Waals surface area contributed by atoms with Crippen LogP contribution in [0.1, 0.15) is 75.1 Å². The summed E-state index contributed by atoms with van der Waals surface area (Å²) in [5, 5.41) is 2.52. The Labute approximate surface area is 307 Å². The molecule has 52 heavy (non-hydrogen) atoms. The fraction of sp³-hybridized carbons (Fsp3) is 0.200. The van der Waals surface area contributed by atoms with Crippen LogP contribution in [0, 0.1) is 0 Å². The quantitative estimate of drug-likeness (QED) is 0.169. The van der Waals surface area contributed by atoms with Crippen LogP contribution in [-0.2, 0) is 10.8 Å². The van der Waals surface area contributed by atoms with Gasteiger partial charge in [-0.25, -0.2) is 0 Å². The second-order valence-corrected chi connectivity index (χ2v) is 16.0. The van der Waals surface area contributed by atoms with Gasteiger partial charge in [0.05, 0.1) is 11.0 Å². The predicted molar refractivity (Wildman–Crippen MR) is 221 cm³/mol. The summed E-state index contributed by atoms with van der Waals surface area (Å²) < 4.78 is 2.40. The molecule has 0 saturated heterocycles.